The van der Waals surface area contributed by atoms with Crippen LogP contribution in [0, 0.1) is 0 Å². The van der Waals surface area contributed by atoms with Gasteiger partial charge in [0.2, 0.25) is 5.91 Å². The standard InChI is InChI=1S/C20H21N3O2S2/c1-3-18(27-16-6-4-5-14(21)11-16)19(24)23-20-22-17(12-26-20)13-7-9-15(25-2)10-8-13/h4-12,18H,3,21H2,1-2H3,(H,22,23,24). The van der Waals surface area contributed by atoms with Gasteiger partial charge in [-0.15, -0.1) is 23.1 Å². The molecule has 0 aliphatic carbocycles. The normalized spacial score (nSPS) is 11.8. The fourth-order valence-electron chi connectivity index (χ4n) is 2.49. The van der Waals surface area contributed by atoms with Crippen molar-refractivity contribution >= 4 is 39.8 Å². The molecule has 1 unspecified atom stereocenters. The van der Waals surface area contributed by atoms with Gasteiger partial charge in [-0.1, -0.05) is 13.0 Å². The maximum absolute atomic E-state index is 12.6. The van der Waals surface area contributed by atoms with Crippen LogP contribution in [-0.4, -0.2) is 23.3 Å². The lowest BCUT2D eigenvalue weighted by molar-refractivity contribution is -0.115. The van der Waals surface area contributed by atoms with E-state index in [1.165, 1.54) is 23.1 Å². The van der Waals surface area contributed by atoms with Crippen LogP contribution in [0.5, 0.6) is 5.75 Å². The number of nitrogens with two attached hydrogens (primary N) is 1. The van der Waals surface area contributed by atoms with Gasteiger partial charge in [-0.3, -0.25) is 4.79 Å². The first-order valence-electron chi connectivity index (χ1n) is 8.52. The lowest BCUT2D eigenvalue weighted by atomic mass is 10.2. The molecule has 3 rings (SSSR count). The predicted molar refractivity (Wildman–Crippen MR) is 114 cm³/mol. The fraction of sp³-hybridized carbons (Fsp3) is 0.200. The number of nitrogens with zero attached hydrogens (tertiary/aromatic N) is 1. The number of amides is 1. The number of aromatic nitrogens is 1. The molecule has 140 valence electrons. The van der Waals surface area contributed by atoms with Crippen LogP contribution >= 0.6 is 23.1 Å². The molecule has 3 N–H and O–H groups in total. The predicted octanol–water partition coefficient (Wildman–Crippen LogP) is 4.91. The number of benzene rings is 2. The Labute approximate surface area is 167 Å². The molecule has 0 saturated carbocycles. The first kappa shape index (κ1) is 19.3. The highest BCUT2D eigenvalue weighted by Crippen LogP contribution is 2.30. The van der Waals surface area contributed by atoms with Crippen LogP contribution in [0.1, 0.15) is 13.3 Å². The molecule has 0 saturated heterocycles. The lowest BCUT2D eigenvalue weighted by Crippen LogP contribution is -2.24. The summed E-state index contributed by atoms with van der Waals surface area (Å²) in [6.45, 7) is 1.99. The number of hydrogen-bond donors (Lipinski definition) is 2. The smallest absolute Gasteiger partial charge is 0.239 e. The van der Waals surface area contributed by atoms with Crippen LogP contribution in [0.4, 0.5) is 10.8 Å². The average Bonchev–Trinajstić information content (AvgIpc) is 3.14. The van der Waals surface area contributed by atoms with Crippen molar-refractivity contribution in [1.29, 1.82) is 0 Å². The molecule has 0 bridgehead atoms. The number of hydrogen-bond acceptors (Lipinski definition) is 6. The number of ether oxygens (including phenoxy) is 1. The minimum Gasteiger partial charge on any atom is -0.497 e. The lowest BCUT2D eigenvalue weighted by Gasteiger charge is -2.13. The maximum atomic E-state index is 12.6. The van der Waals surface area contributed by atoms with E-state index in [0.29, 0.717) is 17.2 Å². The number of anilines is 2. The quantitative estimate of drug-likeness (QED) is 0.436. The zero-order valence-corrected chi connectivity index (χ0v) is 16.8. The second-order valence-electron chi connectivity index (χ2n) is 5.84. The molecular formula is C20H21N3O2S2. The number of rotatable bonds is 7. The highest BCUT2D eigenvalue weighted by molar-refractivity contribution is 8.00. The molecule has 0 aliphatic rings. The number of thioether (sulfide) groups is 1. The van der Waals surface area contributed by atoms with Gasteiger partial charge in [-0.2, -0.15) is 0 Å². The minimum atomic E-state index is -0.208. The van der Waals surface area contributed by atoms with Crippen molar-refractivity contribution in [3.63, 3.8) is 0 Å². The Bertz CT molecular complexity index is 910. The first-order chi connectivity index (χ1) is 13.1. The van der Waals surface area contributed by atoms with Gasteiger partial charge in [0.05, 0.1) is 18.1 Å². The van der Waals surface area contributed by atoms with Gasteiger partial charge >= 0.3 is 0 Å². The van der Waals surface area contributed by atoms with E-state index in [0.717, 1.165) is 21.9 Å². The van der Waals surface area contributed by atoms with Gasteiger partial charge in [0.1, 0.15) is 5.75 Å². The second-order valence-corrected chi connectivity index (χ2v) is 7.98. The van der Waals surface area contributed by atoms with E-state index in [-0.39, 0.29) is 11.2 Å². The monoisotopic (exact) mass is 399 g/mol. The molecule has 1 amide bonds. The van der Waals surface area contributed by atoms with Crippen molar-refractivity contribution in [1.82, 2.24) is 4.98 Å². The van der Waals surface area contributed by atoms with Gasteiger partial charge in [-0.05, 0) is 48.9 Å². The van der Waals surface area contributed by atoms with Gasteiger partial charge < -0.3 is 15.8 Å². The molecule has 3 aromatic rings. The summed E-state index contributed by atoms with van der Waals surface area (Å²) in [7, 11) is 1.64. The summed E-state index contributed by atoms with van der Waals surface area (Å²) < 4.78 is 5.17. The van der Waals surface area contributed by atoms with E-state index in [1.54, 1.807) is 7.11 Å². The third-order valence-electron chi connectivity index (χ3n) is 3.92. The number of nitrogens with one attached hydrogen (secondary N) is 1. The van der Waals surface area contributed by atoms with Crippen molar-refractivity contribution in [3.8, 4) is 17.0 Å². The topological polar surface area (TPSA) is 77.2 Å². The molecule has 1 atom stereocenters. The Morgan fingerprint density at radius 2 is 2.07 bits per heavy atom. The van der Waals surface area contributed by atoms with Crippen LogP contribution in [0.25, 0.3) is 11.3 Å². The molecule has 1 heterocycles. The van der Waals surface area contributed by atoms with E-state index >= 15 is 0 Å². The highest BCUT2D eigenvalue weighted by Gasteiger charge is 2.19. The summed E-state index contributed by atoms with van der Waals surface area (Å²) >= 11 is 2.92. The number of thiazole rings is 1. The Kier molecular flexibility index (Phi) is 6.36. The molecule has 2 aromatic carbocycles. The van der Waals surface area contributed by atoms with Crippen molar-refractivity contribution < 1.29 is 9.53 Å². The van der Waals surface area contributed by atoms with Gasteiger partial charge in [0, 0.05) is 21.5 Å². The third kappa shape index (κ3) is 5.02. The number of carbonyl (C=O) groups is 1. The van der Waals surface area contributed by atoms with Crippen molar-refractivity contribution in [2.75, 3.05) is 18.2 Å². The molecule has 5 nitrogen and oxygen atoms in total. The summed E-state index contributed by atoms with van der Waals surface area (Å²) in [5.41, 5.74) is 8.32. The van der Waals surface area contributed by atoms with Crippen molar-refractivity contribution in [2.45, 2.75) is 23.5 Å². The van der Waals surface area contributed by atoms with E-state index in [2.05, 4.69) is 10.3 Å². The molecule has 7 heteroatoms. The summed E-state index contributed by atoms with van der Waals surface area (Å²) in [6.07, 6.45) is 0.710. The largest absolute Gasteiger partial charge is 0.497 e. The summed E-state index contributed by atoms with van der Waals surface area (Å²) in [5.74, 6) is 0.743. The Balaban J connectivity index is 1.66. The summed E-state index contributed by atoms with van der Waals surface area (Å²) in [5, 5.41) is 5.25. The zero-order valence-electron chi connectivity index (χ0n) is 15.1. The third-order valence-corrected chi connectivity index (χ3v) is 6.04. The molecule has 1 aromatic heterocycles. The molecule has 27 heavy (non-hydrogen) atoms. The minimum absolute atomic E-state index is 0.0550. The number of carbonyl (C=O) groups excluding carboxylic acids is 1. The number of methoxy groups -OCH3 is 1. The number of nitrogen functional groups attached to an aromatic ring is 1. The molecule has 0 spiro atoms. The van der Waals surface area contributed by atoms with Crippen molar-refractivity contribution in [3.05, 3.63) is 53.9 Å². The second kappa shape index (κ2) is 8.92. The van der Waals surface area contributed by atoms with Crippen LogP contribution < -0.4 is 15.8 Å². The van der Waals surface area contributed by atoms with E-state index in [9.17, 15) is 4.79 Å². The van der Waals surface area contributed by atoms with E-state index in [4.69, 9.17) is 10.5 Å². The van der Waals surface area contributed by atoms with Gasteiger partial charge in [-0.25, -0.2) is 4.98 Å². The van der Waals surface area contributed by atoms with Crippen LogP contribution in [-0.2, 0) is 4.79 Å². The fourth-order valence-corrected chi connectivity index (χ4v) is 4.23. The Morgan fingerprint density at radius 3 is 2.74 bits per heavy atom. The average molecular weight is 400 g/mol. The molecular weight excluding hydrogens is 378 g/mol. The SMILES string of the molecule is CCC(Sc1cccc(N)c1)C(=O)Nc1nc(-c2ccc(OC)cc2)cs1. The Hall–Kier alpha value is -2.51. The Morgan fingerprint density at radius 1 is 1.30 bits per heavy atom. The summed E-state index contributed by atoms with van der Waals surface area (Å²) in [4.78, 5) is 18.2. The van der Waals surface area contributed by atoms with Crippen LogP contribution in [0.3, 0.4) is 0 Å². The van der Waals surface area contributed by atoms with Gasteiger partial charge in [0.25, 0.3) is 0 Å². The van der Waals surface area contributed by atoms with Gasteiger partial charge in [0.15, 0.2) is 5.13 Å². The van der Waals surface area contributed by atoms with Crippen LogP contribution in [0.15, 0.2) is 58.8 Å². The van der Waals surface area contributed by atoms with E-state index in [1.807, 2.05) is 60.8 Å². The maximum Gasteiger partial charge on any atom is 0.239 e. The molecule has 0 aliphatic heterocycles. The zero-order chi connectivity index (χ0) is 19.2. The van der Waals surface area contributed by atoms with Crippen molar-refractivity contribution in [2.24, 2.45) is 0 Å². The highest BCUT2D eigenvalue weighted by atomic mass is 32.2. The molecule has 0 radical (unpaired) electrons. The first-order valence-corrected chi connectivity index (χ1v) is 10.3. The molecule has 0 fully saturated rings. The van der Waals surface area contributed by atoms with E-state index < -0.39 is 0 Å². The van der Waals surface area contributed by atoms with Crippen LogP contribution in [0.2, 0.25) is 0 Å². The summed E-state index contributed by atoms with van der Waals surface area (Å²) in [6, 6.07) is 15.2.